The number of nitrogens with one attached hydrogen (secondary N) is 1. The quantitative estimate of drug-likeness (QED) is 0.894. The zero-order valence-electron chi connectivity index (χ0n) is 13.9. The molecule has 0 spiro atoms. The minimum atomic E-state index is -0.543. The topological polar surface area (TPSA) is 108 Å². The van der Waals surface area contributed by atoms with Crippen molar-refractivity contribution in [2.45, 2.75) is 20.1 Å². The summed E-state index contributed by atoms with van der Waals surface area (Å²) in [7, 11) is 1.47. The zero-order valence-corrected chi connectivity index (χ0v) is 13.9. The first kappa shape index (κ1) is 17.9. The van der Waals surface area contributed by atoms with E-state index in [2.05, 4.69) is 5.32 Å². The first-order chi connectivity index (χ1) is 12.0. The number of carbonyl (C=O) groups is 1. The lowest BCUT2D eigenvalue weighted by Gasteiger charge is -2.13. The number of methoxy groups -OCH3 is 1. The number of nitrogens with zero attached hydrogens (tertiary/aromatic N) is 3. The van der Waals surface area contributed by atoms with E-state index in [0.29, 0.717) is 22.5 Å². The van der Waals surface area contributed by atoms with Gasteiger partial charge in [0.2, 0.25) is 5.91 Å². The van der Waals surface area contributed by atoms with Crippen LogP contribution >= 0.6 is 0 Å². The Labute approximate surface area is 144 Å². The molecule has 0 saturated heterocycles. The molecule has 1 aromatic carbocycles. The Hall–Kier alpha value is -3.42. The van der Waals surface area contributed by atoms with Gasteiger partial charge >= 0.3 is 0 Å². The number of benzene rings is 1. The summed E-state index contributed by atoms with van der Waals surface area (Å²) in [5, 5.41) is 20.9. The number of aromatic nitrogens is 1. The molecule has 2 aromatic rings. The van der Waals surface area contributed by atoms with E-state index in [-0.39, 0.29) is 18.7 Å². The molecule has 1 amide bonds. The Morgan fingerprint density at radius 3 is 2.64 bits per heavy atom. The van der Waals surface area contributed by atoms with E-state index in [1.54, 1.807) is 37.3 Å². The summed E-state index contributed by atoms with van der Waals surface area (Å²) in [5.74, 6) is -0.462. The van der Waals surface area contributed by atoms with Crippen LogP contribution in [0.4, 0.5) is 5.69 Å². The largest absolute Gasteiger partial charge is 0.380 e. The van der Waals surface area contributed by atoms with Gasteiger partial charge in [-0.1, -0.05) is 12.1 Å². The van der Waals surface area contributed by atoms with Gasteiger partial charge in [0.05, 0.1) is 17.9 Å². The number of ether oxygens (including phenoxy) is 1. The minimum absolute atomic E-state index is 0.0438. The third-order valence-electron chi connectivity index (χ3n) is 3.62. The summed E-state index contributed by atoms with van der Waals surface area (Å²) in [6, 6.07) is 12.1. The van der Waals surface area contributed by atoms with Gasteiger partial charge in [0.25, 0.3) is 5.56 Å². The van der Waals surface area contributed by atoms with Crippen molar-refractivity contribution in [1.82, 2.24) is 4.57 Å². The molecule has 1 N–H and O–H groups in total. The van der Waals surface area contributed by atoms with E-state index in [0.717, 1.165) is 0 Å². The van der Waals surface area contributed by atoms with Gasteiger partial charge in [-0.3, -0.25) is 9.59 Å². The monoisotopic (exact) mass is 336 g/mol. The molecule has 0 saturated carbocycles. The predicted octanol–water partition coefficient (Wildman–Crippen LogP) is 1.69. The van der Waals surface area contributed by atoms with Crippen LogP contribution in [0.25, 0.3) is 0 Å². The summed E-state index contributed by atoms with van der Waals surface area (Å²) >= 11 is 0. The fourth-order valence-electron chi connectivity index (χ4n) is 2.44. The average molecular weight is 336 g/mol. The Morgan fingerprint density at radius 1 is 1.28 bits per heavy atom. The fourth-order valence-corrected chi connectivity index (χ4v) is 2.44. The van der Waals surface area contributed by atoms with Crippen LogP contribution in [0.1, 0.15) is 22.4 Å². The summed E-state index contributed by atoms with van der Waals surface area (Å²) in [4.78, 5) is 24.8. The summed E-state index contributed by atoms with van der Waals surface area (Å²) in [5.41, 5.74) is 1.14. The number of hydrogen-bond acceptors (Lipinski definition) is 5. The number of pyridine rings is 1. The van der Waals surface area contributed by atoms with Gasteiger partial charge in [0.1, 0.15) is 24.2 Å². The lowest BCUT2D eigenvalue weighted by atomic mass is 10.1. The molecular weight excluding hydrogens is 320 g/mol. The number of carbonyl (C=O) groups excluding carboxylic acids is 1. The normalized spacial score (nSPS) is 9.92. The van der Waals surface area contributed by atoms with Crippen LogP contribution < -0.4 is 10.9 Å². The Balaban J connectivity index is 2.31. The second kappa shape index (κ2) is 7.91. The van der Waals surface area contributed by atoms with Crippen LogP contribution in [-0.4, -0.2) is 17.6 Å². The number of rotatable bonds is 5. The molecule has 0 bridgehead atoms. The van der Waals surface area contributed by atoms with Crippen LogP contribution in [0.3, 0.4) is 0 Å². The van der Waals surface area contributed by atoms with Gasteiger partial charge in [0.15, 0.2) is 0 Å². The summed E-state index contributed by atoms with van der Waals surface area (Å²) in [6.45, 7) is 1.56. The smallest absolute Gasteiger partial charge is 0.269 e. The van der Waals surface area contributed by atoms with E-state index in [1.807, 2.05) is 12.1 Å². The molecule has 1 heterocycles. The van der Waals surface area contributed by atoms with Crippen molar-refractivity contribution >= 4 is 11.6 Å². The van der Waals surface area contributed by atoms with Crippen molar-refractivity contribution in [2.24, 2.45) is 0 Å². The van der Waals surface area contributed by atoms with Gasteiger partial charge in [-0.2, -0.15) is 10.5 Å². The van der Waals surface area contributed by atoms with E-state index in [9.17, 15) is 14.9 Å². The molecule has 7 heteroatoms. The number of anilines is 1. The average Bonchev–Trinajstić information content (AvgIpc) is 2.59. The van der Waals surface area contributed by atoms with Crippen molar-refractivity contribution in [3.05, 3.63) is 63.1 Å². The summed E-state index contributed by atoms with van der Waals surface area (Å²) in [6.07, 6.45) is 0. The molecule has 0 aliphatic carbocycles. The maximum absolute atomic E-state index is 12.5. The van der Waals surface area contributed by atoms with Gasteiger partial charge < -0.3 is 14.6 Å². The molecule has 0 atom stereocenters. The van der Waals surface area contributed by atoms with Crippen LogP contribution in [0.2, 0.25) is 0 Å². The highest BCUT2D eigenvalue weighted by Crippen LogP contribution is 2.14. The molecule has 2 rings (SSSR count). The number of para-hydroxylation sites is 1. The van der Waals surface area contributed by atoms with Crippen molar-refractivity contribution in [2.75, 3.05) is 12.4 Å². The molecule has 0 radical (unpaired) electrons. The molecule has 25 heavy (non-hydrogen) atoms. The molecule has 0 fully saturated rings. The molecule has 126 valence electrons. The molecule has 0 unspecified atom stereocenters. The lowest BCUT2D eigenvalue weighted by molar-refractivity contribution is -0.116. The fraction of sp³-hybridized carbons (Fsp3) is 0.222. The second-order valence-electron chi connectivity index (χ2n) is 5.33. The minimum Gasteiger partial charge on any atom is -0.380 e. The second-order valence-corrected chi connectivity index (χ2v) is 5.33. The highest BCUT2D eigenvalue weighted by atomic mass is 16.5. The third-order valence-corrected chi connectivity index (χ3v) is 3.62. The van der Waals surface area contributed by atoms with Crippen LogP contribution in [-0.2, 0) is 22.7 Å². The van der Waals surface area contributed by atoms with Gasteiger partial charge in [-0.05, 0) is 25.1 Å². The molecule has 1 aromatic heterocycles. The summed E-state index contributed by atoms with van der Waals surface area (Å²) < 4.78 is 6.22. The van der Waals surface area contributed by atoms with Crippen molar-refractivity contribution in [3.63, 3.8) is 0 Å². The zero-order chi connectivity index (χ0) is 18.4. The number of aryl methyl sites for hydroxylation is 1. The maximum atomic E-state index is 12.5. The Kier molecular flexibility index (Phi) is 5.67. The number of hydrogen-bond donors (Lipinski definition) is 1. The standard InChI is InChI=1S/C18H16N4O3/c1-12-7-14(11-25-2)15(9-20)18(24)22(12)10-17(23)21-16-6-4-3-5-13(16)8-19/h3-7H,10-11H2,1-2H3,(H,21,23). The first-order valence-corrected chi connectivity index (χ1v) is 7.43. The van der Waals surface area contributed by atoms with Gasteiger partial charge in [-0.25, -0.2) is 0 Å². The number of nitriles is 2. The van der Waals surface area contributed by atoms with E-state index < -0.39 is 11.5 Å². The van der Waals surface area contributed by atoms with Crippen LogP contribution in [0.5, 0.6) is 0 Å². The van der Waals surface area contributed by atoms with Crippen molar-refractivity contribution < 1.29 is 9.53 Å². The lowest BCUT2D eigenvalue weighted by Crippen LogP contribution is -2.31. The van der Waals surface area contributed by atoms with E-state index in [4.69, 9.17) is 10.00 Å². The SMILES string of the molecule is COCc1cc(C)n(CC(=O)Nc2ccccc2C#N)c(=O)c1C#N. The van der Waals surface area contributed by atoms with E-state index in [1.165, 1.54) is 11.7 Å². The van der Waals surface area contributed by atoms with Crippen molar-refractivity contribution in [1.29, 1.82) is 10.5 Å². The molecular formula is C18H16N4O3. The highest BCUT2D eigenvalue weighted by Gasteiger charge is 2.15. The van der Waals surface area contributed by atoms with Gasteiger partial charge in [-0.15, -0.1) is 0 Å². The van der Waals surface area contributed by atoms with Crippen LogP contribution in [0.15, 0.2) is 35.1 Å². The predicted molar refractivity (Wildman–Crippen MR) is 90.7 cm³/mol. The molecule has 7 nitrogen and oxygen atoms in total. The number of amides is 1. The molecule has 0 aliphatic rings. The Bertz CT molecular complexity index is 948. The van der Waals surface area contributed by atoms with Crippen molar-refractivity contribution in [3.8, 4) is 12.1 Å². The highest BCUT2D eigenvalue weighted by molar-refractivity contribution is 5.92. The molecule has 0 aliphatic heterocycles. The maximum Gasteiger partial charge on any atom is 0.269 e. The Morgan fingerprint density at radius 2 is 2.00 bits per heavy atom. The van der Waals surface area contributed by atoms with Crippen LogP contribution in [0, 0.1) is 29.6 Å². The van der Waals surface area contributed by atoms with E-state index >= 15 is 0 Å². The first-order valence-electron chi connectivity index (χ1n) is 7.43. The third kappa shape index (κ3) is 3.92. The van der Waals surface area contributed by atoms with Gasteiger partial charge in [0, 0.05) is 18.4 Å².